The number of benzene rings is 2. The van der Waals surface area contributed by atoms with Gasteiger partial charge in [-0.15, -0.1) is 10.2 Å². The molecule has 0 aromatic heterocycles. The Morgan fingerprint density at radius 3 is 2.05 bits per heavy atom. The second kappa shape index (κ2) is 5.33. The highest BCUT2D eigenvalue weighted by molar-refractivity contribution is 5.55. The van der Waals surface area contributed by atoms with Gasteiger partial charge in [0.1, 0.15) is 22.9 Å². The molecule has 2 N–H and O–H groups in total. The molecule has 2 rings (SSSR count). The van der Waals surface area contributed by atoms with Crippen molar-refractivity contribution >= 4 is 11.4 Å². The minimum absolute atomic E-state index is 0.0349. The van der Waals surface area contributed by atoms with Gasteiger partial charge in [0.2, 0.25) is 0 Å². The van der Waals surface area contributed by atoms with Crippen LogP contribution in [0.15, 0.2) is 52.7 Å². The first kappa shape index (κ1) is 14.1. The maximum atomic E-state index is 9.83. The monoisotopic (exact) mass is 270 g/mol. The van der Waals surface area contributed by atoms with Gasteiger partial charge in [0.25, 0.3) is 0 Å². The molecule has 0 aliphatic heterocycles. The Labute approximate surface area is 118 Å². The van der Waals surface area contributed by atoms with Crippen LogP contribution in [0.4, 0.5) is 11.4 Å². The number of hydrogen-bond acceptors (Lipinski definition) is 4. The van der Waals surface area contributed by atoms with Crippen LogP contribution in [0.2, 0.25) is 0 Å². The fourth-order valence-corrected chi connectivity index (χ4v) is 1.73. The van der Waals surface area contributed by atoms with Gasteiger partial charge in [0, 0.05) is 0 Å². The Kier molecular flexibility index (Phi) is 3.74. The number of phenolic OH excluding ortho intramolecular Hbond substituents is 2. The van der Waals surface area contributed by atoms with Crippen molar-refractivity contribution in [3.05, 3.63) is 48.0 Å². The van der Waals surface area contributed by atoms with E-state index < -0.39 is 0 Å². The van der Waals surface area contributed by atoms with E-state index in [9.17, 15) is 10.2 Å². The van der Waals surface area contributed by atoms with Crippen molar-refractivity contribution in [3.8, 4) is 11.5 Å². The third kappa shape index (κ3) is 3.15. The Morgan fingerprint density at radius 2 is 1.40 bits per heavy atom. The number of para-hydroxylation sites is 1. The molecule has 0 amide bonds. The standard InChI is InChI=1S/C16H18N2O2/c1-16(2,3)11-8-9-15(20)13(10-11)18-17-12-6-4-5-7-14(12)19/h4-10,19-20H,1-3H3. The lowest BCUT2D eigenvalue weighted by Crippen LogP contribution is -2.10. The topological polar surface area (TPSA) is 65.2 Å². The molecule has 0 heterocycles. The highest BCUT2D eigenvalue weighted by Gasteiger charge is 2.15. The SMILES string of the molecule is CC(C)(C)c1ccc(O)c(N=Nc2ccccc2O)c1. The maximum absolute atomic E-state index is 9.83. The van der Waals surface area contributed by atoms with Crippen LogP contribution in [0.5, 0.6) is 11.5 Å². The predicted octanol–water partition coefficient (Wildman–Crippen LogP) is 4.81. The molecule has 2 aromatic carbocycles. The van der Waals surface area contributed by atoms with Gasteiger partial charge in [-0.25, -0.2) is 0 Å². The lowest BCUT2D eigenvalue weighted by Gasteiger charge is -2.19. The van der Waals surface area contributed by atoms with Crippen LogP contribution in [-0.4, -0.2) is 10.2 Å². The summed E-state index contributed by atoms with van der Waals surface area (Å²) in [5.41, 5.74) is 1.78. The summed E-state index contributed by atoms with van der Waals surface area (Å²) < 4.78 is 0. The Morgan fingerprint density at radius 1 is 0.800 bits per heavy atom. The Hall–Kier alpha value is -2.36. The molecule has 20 heavy (non-hydrogen) atoms. The van der Waals surface area contributed by atoms with E-state index in [1.165, 1.54) is 0 Å². The summed E-state index contributed by atoms with van der Waals surface area (Å²) in [6.45, 7) is 6.26. The summed E-state index contributed by atoms with van der Waals surface area (Å²) in [4.78, 5) is 0. The summed E-state index contributed by atoms with van der Waals surface area (Å²) >= 11 is 0. The lowest BCUT2D eigenvalue weighted by molar-refractivity contribution is 0.473. The zero-order valence-electron chi connectivity index (χ0n) is 11.8. The number of hydrogen-bond donors (Lipinski definition) is 2. The van der Waals surface area contributed by atoms with E-state index in [0.717, 1.165) is 5.56 Å². The van der Waals surface area contributed by atoms with Crippen molar-refractivity contribution < 1.29 is 10.2 Å². The number of rotatable bonds is 2. The van der Waals surface area contributed by atoms with Crippen molar-refractivity contribution in [1.82, 2.24) is 0 Å². The smallest absolute Gasteiger partial charge is 0.143 e. The second-order valence-electron chi connectivity index (χ2n) is 5.64. The molecule has 4 heteroatoms. The molecule has 0 bridgehead atoms. The molecule has 4 nitrogen and oxygen atoms in total. The Bertz CT molecular complexity index is 643. The summed E-state index contributed by atoms with van der Waals surface area (Å²) in [5.74, 6) is 0.125. The first-order chi connectivity index (χ1) is 9.38. The van der Waals surface area contributed by atoms with E-state index >= 15 is 0 Å². The van der Waals surface area contributed by atoms with Crippen LogP contribution in [0, 0.1) is 0 Å². The van der Waals surface area contributed by atoms with Gasteiger partial charge < -0.3 is 10.2 Å². The van der Waals surface area contributed by atoms with Crippen molar-refractivity contribution in [3.63, 3.8) is 0 Å². The molecule has 0 aliphatic rings. The largest absolute Gasteiger partial charge is 0.506 e. The van der Waals surface area contributed by atoms with Crippen LogP contribution in [-0.2, 0) is 5.41 Å². The van der Waals surface area contributed by atoms with E-state index in [-0.39, 0.29) is 16.9 Å². The van der Waals surface area contributed by atoms with E-state index in [0.29, 0.717) is 11.4 Å². The minimum atomic E-state index is -0.0349. The molecule has 0 spiro atoms. The average Bonchev–Trinajstić information content (AvgIpc) is 2.38. The predicted molar refractivity (Wildman–Crippen MR) is 79.1 cm³/mol. The highest BCUT2D eigenvalue weighted by Crippen LogP contribution is 2.34. The third-order valence-electron chi connectivity index (χ3n) is 2.99. The van der Waals surface area contributed by atoms with Gasteiger partial charge >= 0.3 is 0 Å². The van der Waals surface area contributed by atoms with E-state index in [1.54, 1.807) is 36.4 Å². The van der Waals surface area contributed by atoms with E-state index in [1.807, 2.05) is 6.07 Å². The van der Waals surface area contributed by atoms with Crippen LogP contribution >= 0.6 is 0 Å². The van der Waals surface area contributed by atoms with E-state index in [4.69, 9.17) is 0 Å². The zero-order valence-corrected chi connectivity index (χ0v) is 11.8. The van der Waals surface area contributed by atoms with Crippen LogP contribution < -0.4 is 0 Å². The molecule has 0 radical (unpaired) electrons. The molecule has 0 saturated carbocycles. The molecule has 0 atom stereocenters. The number of aromatic hydroxyl groups is 2. The van der Waals surface area contributed by atoms with Gasteiger partial charge in [-0.3, -0.25) is 0 Å². The first-order valence-corrected chi connectivity index (χ1v) is 6.41. The fourth-order valence-electron chi connectivity index (χ4n) is 1.73. The normalized spacial score (nSPS) is 11.9. The molecular formula is C16H18N2O2. The summed E-state index contributed by atoms with van der Waals surface area (Å²) in [5, 5.41) is 27.5. The zero-order chi connectivity index (χ0) is 14.8. The number of azo groups is 1. The fraction of sp³-hybridized carbons (Fsp3) is 0.250. The second-order valence-corrected chi connectivity index (χ2v) is 5.64. The first-order valence-electron chi connectivity index (χ1n) is 6.41. The highest BCUT2D eigenvalue weighted by atomic mass is 16.3. The average molecular weight is 270 g/mol. The lowest BCUT2D eigenvalue weighted by atomic mass is 9.87. The molecule has 0 fully saturated rings. The molecular weight excluding hydrogens is 252 g/mol. The summed E-state index contributed by atoms with van der Waals surface area (Å²) in [6.07, 6.45) is 0. The molecule has 0 aliphatic carbocycles. The van der Waals surface area contributed by atoms with Crippen molar-refractivity contribution in [1.29, 1.82) is 0 Å². The van der Waals surface area contributed by atoms with Gasteiger partial charge in [-0.1, -0.05) is 39.0 Å². The molecule has 0 saturated heterocycles. The van der Waals surface area contributed by atoms with E-state index in [2.05, 4.69) is 31.0 Å². The molecule has 104 valence electrons. The molecule has 0 unspecified atom stereocenters. The third-order valence-corrected chi connectivity index (χ3v) is 2.99. The van der Waals surface area contributed by atoms with Gasteiger partial charge in [-0.2, -0.15) is 0 Å². The van der Waals surface area contributed by atoms with Crippen molar-refractivity contribution in [2.75, 3.05) is 0 Å². The minimum Gasteiger partial charge on any atom is -0.506 e. The summed E-state index contributed by atoms with van der Waals surface area (Å²) in [7, 11) is 0. The van der Waals surface area contributed by atoms with Gasteiger partial charge in [0.15, 0.2) is 0 Å². The van der Waals surface area contributed by atoms with Crippen molar-refractivity contribution in [2.24, 2.45) is 10.2 Å². The number of phenols is 2. The van der Waals surface area contributed by atoms with Gasteiger partial charge in [0.05, 0.1) is 0 Å². The van der Waals surface area contributed by atoms with Crippen LogP contribution in [0.25, 0.3) is 0 Å². The van der Waals surface area contributed by atoms with Crippen LogP contribution in [0.3, 0.4) is 0 Å². The van der Waals surface area contributed by atoms with Crippen molar-refractivity contribution in [2.45, 2.75) is 26.2 Å². The number of nitrogens with zero attached hydrogens (tertiary/aromatic N) is 2. The van der Waals surface area contributed by atoms with Crippen LogP contribution in [0.1, 0.15) is 26.3 Å². The van der Waals surface area contributed by atoms with Gasteiger partial charge in [-0.05, 0) is 35.2 Å². The Balaban J connectivity index is 2.36. The summed E-state index contributed by atoms with van der Waals surface area (Å²) in [6, 6.07) is 12.0. The maximum Gasteiger partial charge on any atom is 0.143 e. The molecule has 2 aromatic rings. The quantitative estimate of drug-likeness (QED) is 0.769.